The van der Waals surface area contributed by atoms with Crippen LogP contribution in [0.3, 0.4) is 0 Å². The maximum Gasteiger partial charge on any atom is 0.325 e. The third-order valence-corrected chi connectivity index (χ3v) is 3.60. The molecule has 120 valence electrons. The summed E-state index contributed by atoms with van der Waals surface area (Å²) in [5.41, 5.74) is 2.23. The zero-order valence-electron chi connectivity index (χ0n) is 12.4. The van der Waals surface area contributed by atoms with Crippen molar-refractivity contribution in [2.45, 2.75) is 13.5 Å². The Labute approximate surface area is 144 Å². The molecule has 0 aromatic heterocycles. The second-order valence-electron chi connectivity index (χ2n) is 4.96. The van der Waals surface area contributed by atoms with Gasteiger partial charge in [-0.05, 0) is 30.7 Å². The molecule has 0 aliphatic rings. The summed E-state index contributed by atoms with van der Waals surface area (Å²) in [4.78, 5) is 23.6. The lowest BCUT2D eigenvalue weighted by Crippen LogP contribution is -2.30. The van der Waals surface area contributed by atoms with Crippen LogP contribution in [0, 0.1) is 6.92 Å². The zero-order valence-corrected chi connectivity index (χ0v) is 13.9. The highest BCUT2D eigenvalue weighted by molar-refractivity contribution is 6.36. The molecule has 0 saturated heterocycles. The average molecular weight is 352 g/mol. The predicted octanol–water partition coefficient (Wildman–Crippen LogP) is 3.78. The van der Waals surface area contributed by atoms with Gasteiger partial charge in [-0.15, -0.1) is 0 Å². The number of benzene rings is 2. The van der Waals surface area contributed by atoms with Crippen LogP contribution in [0.15, 0.2) is 42.5 Å². The van der Waals surface area contributed by atoms with Gasteiger partial charge in [0.25, 0.3) is 5.91 Å². The van der Waals surface area contributed by atoms with E-state index in [2.05, 4.69) is 5.32 Å². The topological polar surface area (TPSA) is 55.4 Å². The second-order valence-corrected chi connectivity index (χ2v) is 5.80. The number of halogens is 2. The summed E-state index contributed by atoms with van der Waals surface area (Å²) < 4.78 is 5.11. The van der Waals surface area contributed by atoms with E-state index in [0.29, 0.717) is 5.02 Å². The molecule has 23 heavy (non-hydrogen) atoms. The van der Waals surface area contributed by atoms with Crippen molar-refractivity contribution in [3.63, 3.8) is 0 Å². The molecular formula is C17H15Cl2NO3. The van der Waals surface area contributed by atoms with Crippen LogP contribution in [-0.2, 0) is 16.1 Å². The molecule has 1 N–H and O–H groups in total. The number of aryl methyl sites for hydroxylation is 1. The molecule has 2 aromatic carbocycles. The Morgan fingerprint density at radius 2 is 1.91 bits per heavy atom. The van der Waals surface area contributed by atoms with Crippen molar-refractivity contribution in [2.75, 3.05) is 6.54 Å². The van der Waals surface area contributed by atoms with Crippen molar-refractivity contribution < 1.29 is 14.3 Å². The van der Waals surface area contributed by atoms with Crippen molar-refractivity contribution in [1.82, 2.24) is 5.32 Å². The molecule has 0 fully saturated rings. The molecule has 0 heterocycles. The summed E-state index contributed by atoms with van der Waals surface area (Å²) >= 11 is 11.7. The van der Waals surface area contributed by atoms with E-state index in [1.54, 1.807) is 6.07 Å². The van der Waals surface area contributed by atoms with Crippen LogP contribution in [0.2, 0.25) is 10.0 Å². The van der Waals surface area contributed by atoms with Gasteiger partial charge in [-0.25, -0.2) is 0 Å². The molecule has 0 saturated carbocycles. The van der Waals surface area contributed by atoms with Crippen molar-refractivity contribution >= 4 is 35.1 Å². The van der Waals surface area contributed by atoms with Gasteiger partial charge in [0.2, 0.25) is 0 Å². The van der Waals surface area contributed by atoms with Crippen LogP contribution in [-0.4, -0.2) is 18.4 Å². The number of rotatable bonds is 5. The van der Waals surface area contributed by atoms with Gasteiger partial charge in [-0.3, -0.25) is 9.59 Å². The summed E-state index contributed by atoms with van der Waals surface area (Å²) in [6.45, 7) is 1.89. The monoisotopic (exact) mass is 351 g/mol. The van der Waals surface area contributed by atoms with Gasteiger partial charge in [0.15, 0.2) is 0 Å². The average Bonchev–Trinajstić information content (AvgIpc) is 2.50. The van der Waals surface area contributed by atoms with E-state index < -0.39 is 11.9 Å². The predicted molar refractivity (Wildman–Crippen MR) is 89.8 cm³/mol. The summed E-state index contributed by atoms with van der Waals surface area (Å²) in [6, 6.07) is 12.2. The minimum Gasteiger partial charge on any atom is -0.460 e. The maximum atomic E-state index is 12.0. The van der Waals surface area contributed by atoms with Crippen molar-refractivity contribution in [1.29, 1.82) is 0 Å². The van der Waals surface area contributed by atoms with Crippen LogP contribution in [0.25, 0.3) is 0 Å². The number of nitrogens with one attached hydrogen (secondary N) is 1. The van der Waals surface area contributed by atoms with Gasteiger partial charge in [0, 0.05) is 5.02 Å². The van der Waals surface area contributed by atoms with Gasteiger partial charge in [-0.2, -0.15) is 0 Å². The Bertz CT molecular complexity index is 732. The van der Waals surface area contributed by atoms with Gasteiger partial charge in [0.1, 0.15) is 13.2 Å². The molecule has 1 amide bonds. The molecule has 0 atom stereocenters. The molecule has 0 bridgehead atoms. The Morgan fingerprint density at radius 3 is 2.61 bits per heavy atom. The summed E-state index contributed by atoms with van der Waals surface area (Å²) in [5, 5.41) is 3.13. The van der Waals surface area contributed by atoms with E-state index in [1.165, 1.54) is 12.1 Å². The lowest BCUT2D eigenvalue weighted by molar-refractivity contribution is -0.143. The first-order chi connectivity index (χ1) is 11.0. The SMILES string of the molecule is Cc1cccc(COC(=O)CNC(=O)c2ccc(Cl)cc2Cl)c1. The van der Waals surface area contributed by atoms with E-state index in [0.717, 1.165) is 11.1 Å². The summed E-state index contributed by atoms with van der Waals surface area (Å²) in [6.07, 6.45) is 0. The Hall–Kier alpha value is -2.04. The van der Waals surface area contributed by atoms with E-state index in [1.807, 2.05) is 31.2 Å². The number of esters is 1. The fraction of sp³-hybridized carbons (Fsp3) is 0.176. The molecule has 2 rings (SSSR count). The fourth-order valence-electron chi connectivity index (χ4n) is 1.94. The second kappa shape index (κ2) is 7.99. The molecule has 0 aliphatic heterocycles. The van der Waals surface area contributed by atoms with Crippen LogP contribution in [0.4, 0.5) is 0 Å². The first kappa shape index (κ1) is 17.3. The minimum absolute atomic E-state index is 0.165. The van der Waals surface area contributed by atoms with E-state index in [9.17, 15) is 9.59 Å². The number of carbonyl (C=O) groups excluding carboxylic acids is 2. The largest absolute Gasteiger partial charge is 0.460 e. The van der Waals surface area contributed by atoms with E-state index in [4.69, 9.17) is 27.9 Å². The van der Waals surface area contributed by atoms with Crippen molar-refractivity contribution in [3.8, 4) is 0 Å². The Balaban J connectivity index is 1.83. The smallest absolute Gasteiger partial charge is 0.325 e. The molecule has 6 heteroatoms. The van der Waals surface area contributed by atoms with Crippen LogP contribution in [0.5, 0.6) is 0 Å². The summed E-state index contributed by atoms with van der Waals surface area (Å²) in [5.74, 6) is -0.982. The molecule has 0 spiro atoms. The zero-order chi connectivity index (χ0) is 16.8. The number of carbonyl (C=O) groups is 2. The Kier molecular flexibility index (Phi) is 6.02. The normalized spacial score (nSPS) is 10.2. The van der Waals surface area contributed by atoms with Gasteiger partial charge in [-0.1, -0.05) is 53.0 Å². The third-order valence-electron chi connectivity index (χ3n) is 3.05. The minimum atomic E-state index is -0.523. The highest BCUT2D eigenvalue weighted by Gasteiger charge is 2.12. The first-order valence-electron chi connectivity index (χ1n) is 6.90. The lowest BCUT2D eigenvalue weighted by atomic mass is 10.1. The van der Waals surface area contributed by atoms with E-state index in [-0.39, 0.29) is 23.7 Å². The number of ether oxygens (including phenoxy) is 1. The number of hydrogen-bond donors (Lipinski definition) is 1. The Morgan fingerprint density at radius 1 is 1.13 bits per heavy atom. The molecule has 0 radical (unpaired) electrons. The lowest BCUT2D eigenvalue weighted by Gasteiger charge is -2.08. The fourth-order valence-corrected chi connectivity index (χ4v) is 2.43. The van der Waals surface area contributed by atoms with Crippen LogP contribution >= 0.6 is 23.2 Å². The number of hydrogen-bond acceptors (Lipinski definition) is 3. The van der Waals surface area contributed by atoms with E-state index >= 15 is 0 Å². The molecular weight excluding hydrogens is 337 g/mol. The van der Waals surface area contributed by atoms with Crippen molar-refractivity contribution in [2.24, 2.45) is 0 Å². The third kappa shape index (κ3) is 5.27. The first-order valence-corrected chi connectivity index (χ1v) is 7.66. The number of amides is 1. The highest BCUT2D eigenvalue weighted by Crippen LogP contribution is 2.20. The molecule has 0 aliphatic carbocycles. The van der Waals surface area contributed by atoms with Gasteiger partial charge >= 0.3 is 5.97 Å². The quantitative estimate of drug-likeness (QED) is 0.834. The highest BCUT2D eigenvalue weighted by atomic mass is 35.5. The standard InChI is InChI=1S/C17H15Cl2NO3/c1-11-3-2-4-12(7-11)10-23-16(21)9-20-17(22)14-6-5-13(18)8-15(14)19/h2-8H,9-10H2,1H3,(H,20,22). The van der Waals surface area contributed by atoms with Crippen LogP contribution in [0.1, 0.15) is 21.5 Å². The molecule has 2 aromatic rings. The van der Waals surface area contributed by atoms with Crippen molar-refractivity contribution in [3.05, 3.63) is 69.2 Å². The van der Waals surface area contributed by atoms with Gasteiger partial charge < -0.3 is 10.1 Å². The summed E-state index contributed by atoms with van der Waals surface area (Å²) in [7, 11) is 0. The van der Waals surface area contributed by atoms with Crippen LogP contribution < -0.4 is 5.32 Å². The maximum absolute atomic E-state index is 12.0. The molecule has 4 nitrogen and oxygen atoms in total. The molecule has 0 unspecified atom stereocenters. The van der Waals surface area contributed by atoms with Gasteiger partial charge in [0.05, 0.1) is 10.6 Å².